The second-order valence-electron chi connectivity index (χ2n) is 4.18. The molecule has 1 aliphatic heterocycles. The van der Waals surface area contributed by atoms with Gasteiger partial charge in [0.2, 0.25) is 0 Å². The Morgan fingerprint density at radius 2 is 2.33 bits per heavy atom. The molecule has 1 aliphatic rings. The minimum absolute atomic E-state index is 0.173. The highest BCUT2D eigenvalue weighted by atomic mass is 32.1. The molecule has 1 aromatic heterocycles. The normalized spacial score (nSPS) is 19.8. The highest BCUT2D eigenvalue weighted by molar-refractivity contribution is 7.14. The van der Waals surface area contributed by atoms with Crippen LogP contribution in [-0.2, 0) is 11.2 Å². The topological polar surface area (TPSA) is 69.6 Å². The summed E-state index contributed by atoms with van der Waals surface area (Å²) in [7, 11) is 0. The van der Waals surface area contributed by atoms with Crippen LogP contribution >= 0.6 is 11.3 Å². The molecule has 6 heteroatoms. The predicted molar refractivity (Wildman–Crippen MR) is 69.0 cm³/mol. The van der Waals surface area contributed by atoms with Crippen molar-refractivity contribution in [1.82, 2.24) is 10.2 Å². The fourth-order valence-corrected chi connectivity index (χ4v) is 2.90. The number of piperazine rings is 1. The molecule has 1 atom stereocenters. The lowest BCUT2D eigenvalue weighted by Crippen LogP contribution is -2.56. The summed E-state index contributed by atoms with van der Waals surface area (Å²) in [4.78, 5) is 26.6. The molecule has 0 aliphatic carbocycles. The first-order valence-corrected chi connectivity index (χ1v) is 6.78. The van der Waals surface area contributed by atoms with Crippen molar-refractivity contribution in [2.75, 3.05) is 19.6 Å². The second-order valence-corrected chi connectivity index (χ2v) is 5.34. The van der Waals surface area contributed by atoms with Crippen LogP contribution in [0.4, 0.5) is 0 Å². The summed E-state index contributed by atoms with van der Waals surface area (Å²) in [5.41, 5.74) is 0. The Hall–Kier alpha value is -1.40. The van der Waals surface area contributed by atoms with E-state index in [1.165, 1.54) is 16.2 Å². The van der Waals surface area contributed by atoms with Gasteiger partial charge in [-0.25, -0.2) is 4.79 Å². The van der Waals surface area contributed by atoms with E-state index in [-0.39, 0.29) is 5.91 Å². The zero-order chi connectivity index (χ0) is 13.1. The van der Waals surface area contributed by atoms with E-state index in [2.05, 4.69) is 5.32 Å². The molecule has 0 spiro atoms. The fraction of sp³-hybridized carbons (Fsp3) is 0.500. The Morgan fingerprint density at radius 1 is 1.56 bits per heavy atom. The van der Waals surface area contributed by atoms with Gasteiger partial charge in [0.15, 0.2) is 0 Å². The van der Waals surface area contributed by atoms with Crippen LogP contribution in [0, 0.1) is 0 Å². The zero-order valence-corrected chi connectivity index (χ0v) is 11.0. The average Bonchev–Trinajstić information content (AvgIpc) is 2.86. The van der Waals surface area contributed by atoms with Gasteiger partial charge in [0.1, 0.15) is 6.04 Å². The first kappa shape index (κ1) is 13.0. The molecule has 1 saturated heterocycles. The molecule has 0 saturated carbocycles. The number of aliphatic carboxylic acids is 1. The minimum atomic E-state index is -0.956. The third-order valence-electron chi connectivity index (χ3n) is 3.01. The molecule has 2 rings (SSSR count). The average molecular weight is 268 g/mol. The summed E-state index contributed by atoms with van der Waals surface area (Å²) in [6, 6.07) is 2.95. The van der Waals surface area contributed by atoms with Crippen molar-refractivity contribution in [3.8, 4) is 0 Å². The third kappa shape index (κ3) is 2.54. The Balaban J connectivity index is 2.17. The third-order valence-corrected chi connectivity index (χ3v) is 4.23. The Kier molecular flexibility index (Phi) is 3.98. The highest BCUT2D eigenvalue weighted by Gasteiger charge is 2.32. The molecule has 5 nitrogen and oxygen atoms in total. The molecule has 1 fully saturated rings. The van der Waals surface area contributed by atoms with Crippen LogP contribution in [0.15, 0.2) is 12.1 Å². The van der Waals surface area contributed by atoms with Gasteiger partial charge in [-0.3, -0.25) is 4.79 Å². The van der Waals surface area contributed by atoms with E-state index >= 15 is 0 Å². The molecule has 1 unspecified atom stereocenters. The number of hydrogen-bond acceptors (Lipinski definition) is 4. The van der Waals surface area contributed by atoms with Crippen molar-refractivity contribution in [2.45, 2.75) is 19.4 Å². The lowest BCUT2D eigenvalue weighted by molar-refractivity contribution is -0.142. The van der Waals surface area contributed by atoms with Gasteiger partial charge in [-0.15, -0.1) is 11.3 Å². The number of carboxylic acid groups (broad SMARTS) is 1. The maximum Gasteiger partial charge on any atom is 0.327 e. The summed E-state index contributed by atoms with van der Waals surface area (Å²) < 4.78 is 0. The molecule has 2 heterocycles. The number of nitrogens with zero attached hydrogens (tertiary/aromatic N) is 1. The smallest absolute Gasteiger partial charge is 0.327 e. The van der Waals surface area contributed by atoms with Crippen LogP contribution in [-0.4, -0.2) is 47.6 Å². The van der Waals surface area contributed by atoms with Gasteiger partial charge in [0.25, 0.3) is 5.91 Å². The fourth-order valence-electron chi connectivity index (χ4n) is 1.99. The molecule has 0 aromatic carbocycles. The number of carbonyl (C=O) groups excluding carboxylic acids is 1. The second kappa shape index (κ2) is 5.49. The van der Waals surface area contributed by atoms with E-state index < -0.39 is 12.0 Å². The van der Waals surface area contributed by atoms with Crippen LogP contribution < -0.4 is 5.32 Å². The van der Waals surface area contributed by atoms with Crippen molar-refractivity contribution in [1.29, 1.82) is 0 Å². The summed E-state index contributed by atoms with van der Waals surface area (Å²) in [5.74, 6) is -1.13. The molecular formula is C12H16N2O3S. The summed E-state index contributed by atoms with van der Waals surface area (Å²) in [6.07, 6.45) is 0.891. The number of hydrogen-bond donors (Lipinski definition) is 2. The molecule has 2 N–H and O–H groups in total. The number of carbonyl (C=O) groups is 2. The maximum atomic E-state index is 12.3. The number of thiophene rings is 1. The van der Waals surface area contributed by atoms with E-state index in [1.54, 1.807) is 6.07 Å². The standard InChI is InChI=1S/C12H16N2O3S/c1-2-8-3-4-10(18-8)11(15)14-6-5-13-7-9(14)12(16)17/h3-4,9,13H,2,5-7H2,1H3,(H,16,17). The minimum Gasteiger partial charge on any atom is -0.480 e. The summed E-state index contributed by atoms with van der Waals surface area (Å²) in [6.45, 7) is 3.43. The molecular weight excluding hydrogens is 252 g/mol. The van der Waals surface area contributed by atoms with Crippen LogP contribution in [0.3, 0.4) is 0 Å². The van der Waals surface area contributed by atoms with Gasteiger partial charge in [-0.1, -0.05) is 6.92 Å². The number of aryl methyl sites for hydroxylation is 1. The first-order chi connectivity index (χ1) is 8.63. The molecule has 1 amide bonds. The lowest BCUT2D eigenvalue weighted by Gasteiger charge is -2.33. The predicted octanol–water partition coefficient (Wildman–Crippen LogP) is 0.809. The number of carboxylic acids is 1. The van der Waals surface area contributed by atoms with Gasteiger partial charge >= 0.3 is 5.97 Å². The Labute approximate surface area is 109 Å². The van der Waals surface area contributed by atoms with Crippen molar-refractivity contribution in [3.05, 3.63) is 21.9 Å². The number of amides is 1. The zero-order valence-electron chi connectivity index (χ0n) is 10.2. The van der Waals surface area contributed by atoms with Crippen LogP contribution in [0.2, 0.25) is 0 Å². The monoisotopic (exact) mass is 268 g/mol. The molecule has 98 valence electrons. The maximum absolute atomic E-state index is 12.3. The van der Waals surface area contributed by atoms with E-state index in [1.807, 2.05) is 13.0 Å². The van der Waals surface area contributed by atoms with Crippen molar-refractivity contribution >= 4 is 23.2 Å². The summed E-state index contributed by atoms with van der Waals surface area (Å²) >= 11 is 1.44. The number of rotatable bonds is 3. The molecule has 1 aromatic rings. The van der Waals surface area contributed by atoms with Crippen LogP contribution in [0.5, 0.6) is 0 Å². The van der Waals surface area contributed by atoms with Crippen LogP contribution in [0.1, 0.15) is 21.5 Å². The molecule has 18 heavy (non-hydrogen) atoms. The van der Waals surface area contributed by atoms with Gasteiger partial charge < -0.3 is 15.3 Å². The Morgan fingerprint density at radius 3 is 2.94 bits per heavy atom. The van der Waals surface area contributed by atoms with Gasteiger partial charge in [0, 0.05) is 24.5 Å². The first-order valence-electron chi connectivity index (χ1n) is 5.96. The van der Waals surface area contributed by atoms with E-state index in [9.17, 15) is 9.59 Å². The van der Waals surface area contributed by atoms with Crippen molar-refractivity contribution in [3.63, 3.8) is 0 Å². The van der Waals surface area contributed by atoms with Crippen molar-refractivity contribution < 1.29 is 14.7 Å². The van der Waals surface area contributed by atoms with E-state index in [0.717, 1.165) is 11.3 Å². The largest absolute Gasteiger partial charge is 0.480 e. The quantitative estimate of drug-likeness (QED) is 0.851. The van der Waals surface area contributed by atoms with E-state index in [4.69, 9.17) is 5.11 Å². The van der Waals surface area contributed by atoms with Gasteiger partial charge in [0.05, 0.1) is 4.88 Å². The highest BCUT2D eigenvalue weighted by Crippen LogP contribution is 2.20. The Bertz CT molecular complexity index is 458. The molecule has 0 radical (unpaired) electrons. The van der Waals surface area contributed by atoms with Crippen LogP contribution in [0.25, 0.3) is 0 Å². The van der Waals surface area contributed by atoms with E-state index in [0.29, 0.717) is 24.5 Å². The van der Waals surface area contributed by atoms with Gasteiger partial charge in [-0.05, 0) is 18.6 Å². The lowest BCUT2D eigenvalue weighted by atomic mass is 10.2. The van der Waals surface area contributed by atoms with Gasteiger partial charge in [-0.2, -0.15) is 0 Å². The van der Waals surface area contributed by atoms with Crippen molar-refractivity contribution in [2.24, 2.45) is 0 Å². The number of nitrogens with one attached hydrogen (secondary N) is 1. The SMILES string of the molecule is CCc1ccc(C(=O)N2CCNCC2C(=O)O)s1. The molecule has 0 bridgehead atoms. The summed E-state index contributed by atoms with van der Waals surface area (Å²) in [5, 5.41) is 12.1.